The van der Waals surface area contributed by atoms with Crippen LogP contribution in [0.25, 0.3) is 10.9 Å². The standard InChI is InChI=1S/C18H16BrF3N2O3S/c1-11(8-12-10-23-15-5-3-2-4-14(12)15)24-28(25,26)17-7-6-13(19)9-16(17)27-18(20,21)22/h2-7,9-11,23-24H,8H2,1H3. The SMILES string of the molecule is CC(Cc1c[nH]c2ccccc12)NS(=O)(=O)c1ccc(Br)cc1OC(F)(F)F. The maximum Gasteiger partial charge on any atom is 0.573 e. The van der Waals surface area contributed by atoms with Crippen molar-refractivity contribution in [3.05, 3.63) is 58.7 Å². The molecule has 0 amide bonds. The fourth-order valence-corrected chi connectivity index (χ4v) is 4.60. The predicted molar refractivity (Wildman–Crippen MR) is 103 cm³/mol. The summed E-state index contributed by atoms with van der Waals surface area (Å²) in [6.07, 6.45) is -2.87. The number of alkyl halides is 3. The summed E-state index contributed by atoms with van der Waals surface area (Å²) in [5.41, 5.74) is 1.81. The molecule has 0 aliphatic heterocycles. The average molecular weight is 477 g/mol. The van der Waals surface area contributed by atoms with Gasteiger partial charge in [0.15, 0.2) is 5.75 Å². The number of fused-ring (bicyclic) bond motifs is 1. The van der Waals surface area contributed by atoms with Crippen LogP contribution in [0.1, 0.15) is 12.5 Å². The number of rotatable bonds is 6. The van der Waals surface area contributed by atoms with E-state index >= 15 is 0 Å². The van der Waals surface area contributed by atoms with Crippen molar-refractivity contribution in [3.8, 4) is 5.75 Å². The predicted octanol–water partition coefficient (Wildman–Crippen LogP) is 4.74. The highest BCUT2D eigenvalue weighted by Crippen LogP contribution is 2.32. The van der Waals surface area contributed by atoms with Gasteiger partial charge in [-0.25, -0.2) is 13.1 Å². The third-order valence-corrected chi connectivity index (χ3v) is 6.10. The number of sulfonamides is 1. The number of halogens is 4. The summed E-state index contributed by atoms with van der Waals surface area (Å²) in [6.45, 7) is 1.64. The molecule has 0 aliphatic rings. The maximum atomic E-state index is 12.7. The zero-order valence-electron chi connectivity index (χ0n) is 14.5. The molecule has 0 fully saturated rings. The molecule has 2 aromatic carbocycles. The molecule has 0 bridgehead atoms. The number of hydrogen-bond acceptors (Lipinski definition) is 3. The van der Waals surface area contributed by atoms with Crippen molar-refractivity contribution in [3.63, 3.8) is 0 Å². The molecule has 28 heavy (non-hydrogen) atoms. The van der Waals surface area contributed by atoms with E-state index in [0.29, 0.717) is 6.42 Å². The molecule has 2 N–H and O–H groups in total. The van der Waals surface area contributed by atoms with Gasteiger partial charge >= 0.3 is 6.36 Å². The average Bonchev–Trinajstić information content (AvgIpc) is 2.95. The van der Waals surface area contributed by atoms with Gasteiger partial charge < -0.3 is 9.72 Å². The molecular formula is C18H16BrF3N2O3S. The second-order valence-corrected chi connectivity index (χ2v) is 8.82. The lowest BCUT2D eigenvalue weighted by Crippen LogP contribution is -2.34. The third kappa shape index (κ3) is 4.86. The molecule has 0 radical (unpaired) electrons. The largest absolute Gasteiger partial charge is 0.573 e. The van der Waals surface area contributed by atoms with Gasteiger partial charge in [0.25, 0.3) is 0 Å². The third-order valence-electron chi connectivity index (χ3n) is 3.98. The van der Waals surface area contributed by atoms with Gasteiger partial charge in [-0.2, -0.15) is 0 Å². The van der Waals surface area contributed by atoms with Gasteiger partial charge in [-0.1, -0.05) is 34.1 Å². The van der Waals surface area contributed by atoms with Gasteiger partial charge in [-0.15, -0.1) is 13.2 Å². The van der Waals surface area contributed by atoms with Gasteiger partial charge in [-0.3, -0.25) is 0 Å². The second kappa shape index (κ2) is 7.76. The maximum absolute atomic E-state index is 12.7. The summed E-state index contributed by atoms with van der Waals surface area (Å²) in [7, 11) is -4.24. The van der Waals surface area contributed by atoms with Crippen molar-refractivity contribution < 1.29 is 26.3 Å². The molecule has 1 unspecified atom stereocenters. The van der Waals surface area contributed by atoms with Crippen molar-refractivity contribution in [1.29, 1.82) is 0 Å². The summed E-state index contributed by atoms with van der Waals surface area (Å²) in [6, 6.07) is 10.4. The van der Waals surface area contributed by atoms with E-state index in [2.05, 4.69) is 30.4 Å². The molecule has 0 saturated heterocycles. The van der Waals surface area contributed by atoms with E-state index in [1.165, 1.54) is 6.07 Å². The second-order valence-electron chi connectivity index (χ2n) is 6.22. The van der Waals surface area contributed by atoms with Gasteiger partial charge in [0, 0.05) is 27.6 Å². The molecule has 3 aromatic rings. The van der Waals surface area contributed by atoms with E-state index in [4.69, 9.17) is 0 Å². The van der Waals surface area contributed by atoms with E-state index < -0.39 is 33.1 Å². The first kappa shape index (κ1) is 20.7. The molecule has 3 rings (SSSR count). The van der Waals surface area contributed by atoms with Crippen molar-refractivity contribution in [1.82, 2.24) is 9.71 Å². The summed E-state index contributed by atoms with van der Waals surface area (Å²) in [5.74, 6) is -0.798. The molecule has 1 atom stereocenters. The summed E-state index contributed by atoms with van der Waals surface area (Å²) >= 11 is 3.02. The summed E-state index contributed by atoms with van der Waals surface area (Å²) in [4.78, 5) is 2.52. The number of nitrogens with one attached hydrogen (secondary N) is 2. The van der Waals surface area contributed by atoms with Crippen LogP contribution < -0.4 is 9.46 Å². The zero-order valence-corrected chi connectivity index (χ0v) is 17.0. The smallest absolute Gasteiger partial charge is 0.404 e. The monoisotopic (exact) mass is 476 g/mol. The molecule has 1 aromatic heterocycles. The first-order chi connectivity index (χ1) is 13.0. The van der Waals surface area contributed by atoms with Crippen LogP contribution in [0.5, 0.6) is 5.75 Å². The highest BCUT2D eigenvalue weighted by Gasteiger charge is 2.34. The van der Waals surface area contributed by atoms with Crippen LogP contribution in [0, 0.1) is 0 Å². The Kier molecular flexibility index (Phi) is 5.74. The number of ether oxygens (including phenoxy) is 1. The van der Waals surface area contributed by atoms with E-state index in [9.17, 15) is 21.6 Å². The van der Waals surface area contributed by atoms with E-state index in [1.54, 1.807) is 13.1 Å². The van der Waals surface area contributed by atoms with Crippen molar-refractivity contribution in [2.45, 2.75) is 30.6 Å². The number of aromatic amines is 1. The van der Waals surface area contributed by atoms with E-state index in [1.807, 2.05) is 24.3 Å². The fourth-order valence-electron chi connectivity index (χ4n) is 2.91. The Morgan fingerprint density at radius 3 is 2.64 bits per heavy atom. The van der Waals surface area contributed by atoms with Crippen LogP contribution in [0.15, 0.2) is 58.0 Å². The van der Waals surface area contributed by atoms with E-state index in [0.717, 1.165) is 28.6 Å². The highest BCUT2D eigenvalue weighted by molar-refractivity contribution is 9.10. The Bertz CT molecular complexity index is 1100. The quantitative estimate of drug-likeness (QED) is 0.539. The van der Waals surface area contributed by atoms with Gasteiger partial charge in [-0.05, 0) is 43.2 Å². The Hall–Kier alpha value is -2.04. The number of aromatic nitrogens is 1. The minimum Gasteiger partial charge on any atom is -0.404 e. The number of para-hydroxylation sites is 1. The van der Waals surface area contributed by atoms with Crippen molar-refractivity contribution in [2.24, 2.45) is 0 Å². The lowest BCUT2D eigenvalue weighted by molar-refractivity contribution is -0.275. The molecule has 1 heterocycles. The first-order valence-electron chi connectivity index (χ1n) is 8.18. The Balaban J connectivity index is 1.83. The molecule has 0 spiro atoms. The number of hydrogen-bond donors (Lipinski definition) is 2. The highest BCUT2D eigenvalue weighted by atomic mass is 79.9. The van der Waals surface area contributed by atoms with Gasteiger partial charge in [0.1, 0.15) is 4.90 Å². The molecule has 150 valence electrons. The lowest BCUT2D eigenvalue weighted by Gasteiger charge is -2.17. The molecular weight excluding hydrogens is 461 g/mol. The van der Waals surface area contributed by atoms with E-state index in [-0.39, 0.29) is 4.47 Å². The molecule has 5 nitrogen and oxygen atoms in total. The van der Waals surface area contributed by atoms with Crippen LogP contribution in [0.3, 0.4) is 0 Å². The van der Waals surface area contributed by atoms with Crippen LogP contribution in [-0.4, -0.2) is 25.8 Å². The van der Waals surface area contributed by atoms with Gasteiger partial charge in [0.2, 0.25) is 10.0 Å². The first-order valence-corrected chi connectivity index (χ1v) is 10.5. The van der Waals surface area contributed by atoms with Crippen LogP contribution in [0.4, 0.5) is 13.2 Å². The Morgan fingerprint density at radius 1 is 1.21 bits per heavy atom. The molecule has 0 saturated carbocycles. The Morgan fingerprint density at radius 2 is 1.93 bits per heavy atom. The normalized spacial score (nSPS) is 13.6. The summed E-state index contributed by atoms with van der Waals surface area (Å²) in [5, 5.41) is 0.957. The fraction of sp³-hybridized carbons (Fsp3) is 0.222. The zero-order chi connectivity index (χ0) is 20.5. The van der Waals surface area contributed by atoms with Crippen LogP contribution >= 0.6 is 15.9 Å². The lowest BCUT2D eigenvalue weighted by atomic mass is 10.1. The van der Waals surface area contributed by atoms with Gasteiger partial charge in [0.05, 0.1) is 0 Å². The summed E-state index contributed by atoms with van der Waals surface area (Å²) < 4.78 is 69.9. The molecule has 0 aliphatic carbocycles. The topological polar surface area (TPSA) is 71.2 Å². The number of benzene rings is 2. The van der Waals surface area contributed by atoms with Crippen LogP contribution in [0.2, 0.25) is 0 Å². The molecule has 10 heteroatoms. The van der Waals surface area contributed by atoms with Crippen molar-refractivity contribution >= 4 is 36.9 Å². The Labute approximate surface area is 168 Å². The van der Waals surface area contributed by atoms with Crippen molar-refractivity contribution in [2.75, 3.05) is 0 Å². The van der Waals surface area contributed by atoms with Crippen LogP contribution in [-0.2, 0) is 16.4 Å². The number of H-pyrrole nitrogens is 1. The minimum absolute atomic E-state index is 0.262. The minimum atomic E-state index is -5.01.